The van der Waals surface area contributed by atoms with Crippen LogP contribution in [0.4, 0.5) is 5.69 Å². The van der Waals surface area contributed by atoms with E-state index in [2.05, 4.69) is 23.7 Å². The van der Waals surface area contributed by atoms with Crippen molar-refractivity contribution < 1.29 is 19.8 Å². The van der Waals surface area contributed by atoms with Gasteiger partial charge in [0.2, 0.25) is 5.91 Å². The van der Waals surface area contributed by atoms with Gasteiger partial charge in [-0.1, -0.05) is 26.0 Å². The van der Waals surface area contributed by atoms with Crippen LogP contribution in [0.1, 0.15) is 69.1 Å². The average Bonchev–Trinajstić information content (AvgIpc) is 2.68. The first-order valence-electron chi connectivity index (χ1n) is 11.3. The molecule has 0 radical (unpaired) electrons. The van der Waals surface area contributed by atoms with Crippen LogP contribution in [0.2, 0.25) is 0 Å². The lowest BCUT2D eigenvalue weighted by Gasteiger charge is -2.40. The number of carbonyl (C=O) groups is 2. The van der Waals surface area contributed by atoms with Crippen LogP contribution in [0.5, 0.6) is 0 Å². The van der Waals surface area contributed by atoms with Gasteiger partial charge in [0.15, 0.2) is 0 Å². The van der Waals surface area contributed by atoms with Gasteiger partial charge in [-0.2, -0.15) is 0 Å². The fourth-order valence-corrected chi connectivity index (χ4v) is 3.75. The summed E-state index contributed by atoms with van der Waals surface area (Å²) in [4.78, 5) is 29.9. The fraction of sp³-hybridized carbons (Fsp3) is 0.500. The number of hydrogen-bond donors (Lipinski definition) is 3. The van der Waals surface area contributed by atoms with Gasteiger partial charge in [0.1, 0.15) is 0 Å². The Hall–Kier alpha value is -2.93. The molecule has 1 aliphatic heterocycles. The normalized spacial score (nSPS) is 15.4. The standard InChI is InChI=1S/C22H27N3O3.C4H10O/c1-14-17(12-19(26)27)20(25-9-7-22(2,3)8-10-25)18(13-24-14)15-5-4-6-16(11-15)21(23)28;1-4(2,3)5/h4-6,11,13H,7-10,12H2,1-3H3,(H2,23,28)(H,26,27);5H,1-3H3. The average molecular weight is 456 g/mol. The lowest BCUT2D eigenvalue weighted by Crippen LogP contribution is -2.38. The van der Waals surface area contributed by atoms with Crippen LogP contribution in [-0.2, 0) is 11.2 Å². The monoisotopic (exact) mass is 455 g/mol. The fourth-order valence-electron chi connectivity index (χ4n) is 3.75. The smallest absolute Gasteiger partial charge is 0.307 e. The van der Waals surface area contributed by atoms with Gasteiger partial charge in [0.25, 0.3) is 0 Å². The Kier molecular flexibility index (Phi) is 8.25. The number of aliphatic carboxylic acids is 1. The molecular formula is C26H37N3O4. The van der Waals surface area contributed by atoms with Gasteiger partial charge in [-0.25, -0.2) is 0 Å². The molecule has 1 saturated heterocycles. The molecule has 4 N–H and O–H groups in total. The van der Waals surface area contributed by atoms with Gasteiger partial charge in [-0.05, 0) is 63.6 Å². The highest BCUT2D eigenvalue weighted by Gasteiger charge is 2.29. The predicted octanol–water partition coefficient (Wildman–Crippen LogP) is 4.19. The first kappa shape index (κ1) is 26.3. The molecule has 0 spiro atoms. The molecule has 2 aromatic rings. The van der Waals surface area contributed by atoms with Crippen LogP contribution in [0.25, 0.3) is 11.1 Å². The largest absolute Gasteiger partial charge is 0.481 e. The van der Waals surface area contributed by atoms with Crippen molar-refractivity contribution in [2.75, 3.05) is 18.0 Å². The molecule has 1 aliphatic rings. The lowest BCUT2D eigenvalue weighted by molar-refractivity contribution is -0.136. The molecule has 1 aromatic carbocycles. The van der Waals surface area contributed by atoms with Crippen molar-refractivity contribution in [1.82, 2.24) is 4.98 Å². The van der Waals surface area contributed by atoms with Gasteiger partial charge in [0.05, 0.1) is 17.7 Å². The summed E-state index contributed by atoms with van der Waals surface area (Å²) in [5, 5.41) is 18.0. The van der Waals surface area contributed by atoms with E-state index in [4.69, 9.17) is 10.8 Å². The van der Waals surface area contributed by atoms with Gasteiger partial charge >= 0.3 is 5.97 Å². The number of carbonyl (C=O) groups excluding carboxylic acids is 1. The Morgan fingerprint density at radius 1 is 1.18 bits per heavy atom. The molecule has 0 unspecified atom stereocenters. The van der Waals surface area contributed by atoms with Crippen molar-refractivity contribution in [1.29, 1.82) is 0 Å². The van der Waals surface area contributed by atoms with E-state index in [0.717, 1.165) is 54.0 Å². The number of aryl methyl sites for hydroxylation is 1. The van der Waals surface area contributed by atoms with E-state index in [0.29, 0.717) is 5.56 Å². The van der Waals surface area contributed by atoms with Crippen LogP contribution < -0.4 is 10.6 Å². The van der Waals surface area contributed by atoms with Crippen LogP contribution >= 0.6 is 0 Å². The number of pyridine rings is 1. The maximum absolute atomic E-state index is 11.6. The summed E-state index contributed by atoms with van der Waals surface area (Å²) in [6.07, 6.45) is 3.75. The SMILES string of the molecule is CC(C)(C)O.Cc1ncc(-c2cccc(C(N)=O)c2)c(N2CCC(C)(C)CC2)c1CC(=O)O. The lowest BCUT2D eigenvalue weighted by atomic mass is 9.82. The quantitative estimate of drug-likeness (QED) is 0.622. The highest BCUT2D eigenvalue weighted by atomic mass is 16.4. The number of carboxylic acid groups (broad SMARTS) is 1. The number of nitrogens with two attached hydrogens (primary N) is 1. The van der Waals surface area contributed by atoms with Crippen LogP contribution in [0.15, 0.2) is 30.5 Å². The summed E-state index contributed by atoms with van der Waals surface area (Å²) in [6.45, 7) is 13.3. The number of anilines is 1. The number of nitrogens with zero attached hydrogens (tertiary/aromatic N) is 2. The maximum atomic E-state index is 11.6. The minimum Gasteiger partial charge on any atom is -0.481 e. The number of hydrogen-bond acceptors (Lipinski definition) is 5. The van der Waals surface area contributed by atoms with E-state index in [1.54, 1.807) is 45.2 Å². The summed E-state index contributed by atoms with van der Waals surface area (Å²) in [5.41, 5.74) is 9.66. The zero-order valence-electron chi connectivity index (χ0n) is 20.6. The predicted molar refractivity (Wildman–Crippen MR) is 131 cm³/mol. The minimum atomic E-state index is -0.883. The Bertz CT molecular complexity index is 993. The molecule has 33 heavy (non-hydrogen) atoms. The summed E-state index contributed by atoms with van der Waals surface area (Å²) in [5.74, 6) is -1.37. The minimum absolute atomic E-state index is 0.0859. The van der Waals surface area contributed by atoms with Gasteiger partial charge in [-0.3, -0.25) is 14.6 Å². The Morgan fingerprint density at radius 3 is 2.27 bits per heavy atom. The molecule has 7 nitrogen and oxygen atoms in total. The molecule has 0 aliphatic carbocycles. The second-order valence-electron chi connectivity index (χ2n) is 10.4. The van der Waals surface area contributed by atoms with Crippen molar-refractivity contribution in [2.24, 2.45) is 11.1 Å². The first-order valence-corrected chi connectivity index (χ1v) is 11.3. The topological polar surface area (TPSA) is 117 Å². The second kappa shape index (κ2) is 10.3. The number of benzene rings is 1. The molecule has 0 bridgehead atoms. The van der Waals surface area contributed by atoms with E-state index in [1.165, 1.54) is 0 Å². The van der Waals surface area contributed by atoms with Crippen molar-refractivity contribution >= 4 is 17.6 Å². The third-order valence-corrected chi connectivity index (χ3v) is 5.58. The highest BCUT2D eigenvalue weighted by molar-refractivity contribution is 5.95. The molecule has 180 valence electrons. The Labute approximate surface area is 196 Å². The number of aliphatic hydroxyl groups is 1. The molecule has 0 saturated carbocycles. The van der Waals surface area contributed by atoms with E-state index < -0.39 is 17.5 Å². The zero-order chi connectivity index (χ0) is 25.0. The molecule has 1 amide bonds. The Morgan fingerprint density at radius 2 is 1.76 bits per heavy atom. The molecular weight excluding hydrogens is 418 g/mol. The van der Waals surface area contributed by atoms with E-state index in [1.807, 2.05) is 13.0 Å². The van der Waals surface area contributed by atoms with Crippen molar-refractivity contribution in [3.63, 3.8) is 0 Å². The van der Waals surface area contributed by atoms with E-state index >= 15 is 0 Å². The van der Waals surface area contributed by atoms with Crippen LogP contribution in [-0.4, -0.2) is 45.8 Å². The van der Waals surface area contributed by atoms with Crippen molar-refractivity contribution in [3.8, 4) is 11.1 Å². The summed E-state index contributed by atoms with van der Waals surface area (Å²) < 4.78 is 0. The number of primary amides is 1. The number of piperidine rings is 1. The third kappa shape index (κ3) is 7.86. The van der Waals surface area contributed by atoms with Gasteiger partial charge in [0, 0.05) is 41.7 Å². The molecule has 1 aromatic heterocycles. The Balaban J connectivity index is 0.000000696. The van der Waals surface area contributed by atoms with Gasteiger partial charge in [-0.15, -0.1) is 0 Å². The summed E-state index contributed by atoms with van der Waals surface area (Å²) in [7, 11) is 0. The number of carboxylic acids is 1. The second-order valence-corrected chi connectivity index (χ2v) is 10.4. The molecule has 3 rings (SSSR count). The zero-order valence-corrected chi connectivity index (χ0v) is 20.6. The van der Waals surface area contributed by atoms with Crippen molar-refractivity contribution in [2.45, 2.75) is 66.4 Å². The molecule has 7 heteroatoms. The van der Waals surface area contributed by atoms with E-state index in [9.17, 15) is 14.7 Å². The van der Waals surface area contributed by atoms with E-state index in [-0.39, 0.29) is 11.8 Å². The number of aromatic nitrogens is 1. The van der Waals surface area contributed by atoms with Crippen LogP contribution in [0, 0.1) is 12.3 Å². The summed E-state index contributed by atoms with van der Waals surface area (Å²) >= 11 is 0. The van der Waals surface area contributed by atoms with Crippen molar-refractivity contribution in [3.05, 3.63) is 47.3 Å². The third-order valence-electron chi connectivity index (χ3n) is 5.58. The highest BCUT2D eigenvalue weighted by Crippen LogP contribution is 2.39. The molecule has 2 heterocycles. The molecule has 0 atom stereocenters. The summed E-state index contributed by atoms with van der Waals surface area (Å²) in [6, 6.07) is 7.11. The number of rotatable bonds is 5. The molecule has 1 fully saturated rings. The first-order chi connectivity index (χ1) is 15.2. The maximum Gasteiger partial charge on any atom is 0.307 e. The number of amides is 1. The van der Waals surface area contributed by atoms with Gasteiger partial charge < -0.3 is 20.8 Å². The van der Waals surface area contributed by atoms with Crippen LogP contribution in [0.3, 0.4) is 0 Å².